The van der Waals surface area contributed by atoms with Crippen LogP contribution in [0.15, 0.2) is 36.7 Å². The molecular weight excluding hydrogens is 248 g/mol. The maximum Gasteiger partial charge on any atom is 0.146 e. The van der Waals surface area contributed by atoms with Gasteiger partial charge in [0.2, 0.25) is 0 Å². The van der Waals surface area contributed by atoms with Crippen molar-refractivity contribution in [2.45, 2.75) is 39.7 Å². The van der Waals surface area contributed by atoms with Gasteiger partial charge in [-0.1, -0.05) is 32.9 Å². The third kappa shape index (κ3) is 3.36. The average Bonchev–Trinajstić information content (AvgIpc) is 2.37. The van der Waals surface area contributed by atoms with Gasteiger partial charge in [0.1, 0.15) is 11.5 Å². The van der Waals surface area contributed by atoms with Crippen LogP contribution in [0.2, 0.25) is 0 Å². The summed E-state index contributed by atoms with van der Waals surface area (Å²) in [6, 6.07) is 8.24. The zero-order valence-corrected chi connectivity index (χ0v) is 12.6. The summed E-state index contributed by atoms with van der Waals surface area (Å²) in [6.45, 7) is 9.06. The van der Waals surface area contributed by atoms with Crippen LogP contribution in [-0.2, 0) is 12.0 Å². The van der Waals surface area contributed by atoms with E-state index >= 15 is 0 Å². The van der Waals surface area contributed by atoms with Gasteiger partial charge in [0, 0.05) is 18.3 Å². The first-order valence-electron chi connectivity index (χ1n) is 6.83. The zero-order chi connectivity index (χ0) is 14.8. The van der Waals surface area contributed by atoms with Crippen LogP contribution < -0.4 is 10.5 Å². The lowest BCUT2D eigenvalue weighted by Crippen LogP contribution is -2.12. The van der Waals surface area contributed by atoms with Crippen molar-refractivity contribution in [1.29, 1.82) is 0 Å². The van der Waals surface area contributed by atoms with Crippen LogP contribution in [0.25, 0.3) is 0 Å². The molecule has 0 radical (unpaired) electrons. The molecule has 0 aliphatic carbocycles. The Labute approximate surface area is 120 Å². The molecule has 2 aromatic rings. The highest BCUT2D eigenvalue weighted by Crippen LogP contribution is 2.34. The fourth-order valence-electron chi connectivity index (χ4n) is 2.09. The molecule has 1 aromatic carbocycles. The molecule has 2 N–H and O–H groups in total. The molecule has 0 spiro atoms. The Hall–Kier alpha value is -1.87. The van der Waals surface area contributed by atoms with Crippen molar-refractivity contribution in [2.75, 3.05) is 0 Å². The summed E-state index contributed by atoms with van der Waals surface area (Å²) in [5.74, 6) is 1.61. The summed E-state index contributed by atoms with van der Waals surface area (Å²) in [4.78, 5) is 4.16. The molecule has 0 unspecified atom stereocenters. The molecular formula is C17H22N2O. The van der Waals surface area contributed by atoms with Gasteiger partial charge in [-0.3, -0.25) is 4.98 Å². The minimum atomic E-state index is 0.0297. The number of ether oxygens (including phenoxy) is 1. The largest absolute Gasteiger partial charge is 0.455 e. The van der Waals surface area contributed by atoms with Crippen LogP contribution in [-0.4, -0.2) is 4.98 Å². The predicted molar refractivity (Wildman–Crippen MR) is 82.1 cm³/mol. The van der Waals surface area contributed by atoms with Crippen molar-refractivity contribution in [2.24, 2.45) is 5.73 Å². The Morgan fingerprint density at radius 1 is 1.15 bits per heavy atom. The number of aromatic nitrogens is 1. The van der Waals surface area contributed by atoms with E-state index in [1.807, 2.05) is 6.07 Å². The summed E-state index contributed by atoms with van der Waals surface area (Å²) in [7, 11) is 0. The standard InChI is InChI=1S/C17H22N2O/c1-12-5-6-15(17(2,3)4)16(7-12)20-14-8-13(9-18)10-19-11-14/h5-8,10-11H,9,18H2,1-4H3. The Morgan fingerprint density at radius 3 is 2.55 bits per heavy atom. The van der Waals surface area contributed by atoms with Gasteiger partial charge >= 0.3 is 0 Å². The monoisotopic (exact) mass is 270 g/mol. The van der Waals surface area contributed by atoms with Crippen LogP contribution in [0.4, 0.5) is 0 Å². The van der Waals surface area contributed by atoms with Gasteiger partial charge in [-0.05, 0) is 35.6 Å². The first-order chi connectivity index (χ1) is 9.40. The smallest absolute Gasteiger partial charge is 0.146 e. The zero-order valence-electron chi connectivity index (χ0n) is 12.6. The number of hydrogen-bond acceptors (Lipinski definition) is 3. The fourth-order valence-corrected chi connectivity index (χ4v) is 2.09. The molecule has 106 valence electrons. The summed E-state index contributed by atoms with van der Waals surface area (Å²) in [5, 5.41) is 0. The molecule has 0 amide bonds. The van der Waals surface area contributed by atoms with E-state index < -0.39 is 0 Å². The third-order valence-corrected chi connectivity index (χ3v) is 3.18. The topological polar surface area (TPSA) is 48.1 Å². The maximum atomic E-state index is 6.04. The highest BCUT2D eigenvalue weighted by Gasteiger charge is 2.19. The van der Waals surface area contributed by atoms with E-state index in [9.17, 15) is 0 Å². The van der Waals surface area contributed by atoms with Crippen LogP contribution in [0.1, 0.15) is 37.5 Å². The highest BCUT2D eigenvalue weighted by atomic mass is 16.5. The summed E-state index contributed by atoms with van der Waals surface area (Å²) >= 11 is 0. The lowest BCUT2D eigenvalue weighted by molar-refractivity contribution is 0.452. The van der Waals surface area contributed by atoms with Gasteiger partial charge in [0.15, 0.2) is 0 Å². The Kier molecular flexibility index (Phi) is 4.09. The number of benzene rings is 1. The number of pyridine rings is 1. The summed E-state index contributed by atoms with van der Waals surface area (Å²) < 4.78 is 6.04. The van der Waals surface area contributed by atoms with E-state index in [0.717, 1.165) is 17.1 Å². The van der Waals surface area contributed by atoms with Crippen LogP contribution >= 0.6 is 0 Å². The third-order valence-electron chi connectivity index (χ3n) is 3.18. The molecule has 0 aliphatic heterocycles. The molecule has 0 saturated heterocycles. The molecule has 3 heteroatoms. The minimum absolute atomic E-state index is 0.0297. The Bertz CT molecular complexity index is 600. The van der Waals surface area contributed by atoms with Crippen molar-refractivity contribution in [1.82, 2.24) is 4.98 Å². The SMILES string of the molecule is Cc1ccc(C(C)(C)C)c(Oc2cncc(CN)c2)c1. The van der Waals surface area contributed by atoms with Crippen molar-refractivity contribution in [3.63, 3.8) is 0 Å². The lowest BCUT2D eigenvalue weighted by Gasteiger charge is -2.23. The predicted octanol–water partition coefficient (Wildman–Crippen LogP) is 3.94. The molecule has 1 heterocycles. The van der Waals surface area contributed by atoms with E-state index in [0.29, 0.717) is 6.54 Å². The highest BCUT2D eigenvalue weighted by molar-refractivity contribution is 5.44. The van der Waals surface area contributed by atoms with Gasteiger partial charge in [-0.25, -0.2) is 0 Å². The number of nitrogens with zero attached hydrogens (tertiary/aromatic N) is 1. The number of rotatable bonds is 3. The van der Waals surface area contributed by atoms with Crippen LogP contribution in [0.3, 0.4) is 0 Å². The Morgan fingerprint density at radius 2 is 1.90 bits per heavy atom. The molecule has 20 heavy (non-hydrogen) atoms. The van der Waals surface area contributed by atoms with Crippen LogP contribution in [0.5, 0.6) is 11.5 Å². The fraction of sp³-hybridized carbons (Fsp3) is 0.353. The van der Waals surface area contributed by atoms with Crippen molar-refractivity contribution >= 4 is 0 Å². The summed E-state index contributed by atoms with van der Waals surface area (Å²) in [6.07, 6.45) is 3.47. The molecule has 0 saturated carbocycles. The van der Waals surface area contributed by atoms with E-state index in [4.69, 9.17) is 10.5 Å². The van der Waals surface area contributed by atoms with E-state index in [1.54, 1.807) is 12.4 Å². The molecule has 0 aliphatic rings. The molecule has 3 nitrogen and oxygen atoms in total. The van der Waals surface area contributed by atoms with Crippen molar-refractivity contribution in [3.05, 3.63) is 53.3 Å². The van der Waals surface area contributed by atoms with Gasteiger partial charge in [-0.2, -0.15) is 0 Å². The Balaban J connectivity index is 2.39. The maximum absolute atomic E-state index is 6.04. The molecule has 0 atom stereocenters. The van der Waals surface area contributed by atoms with Gasteiger partial charge < -0.3 is 10.5 Å². The normalized spacial score (nSPS) is 11.4. The lowest BCUT2D eigenvalue weighted by atomic mass is 9.86. The number of hydrogen-bond donors (Lipinski definition) is 1. The second-order valence-corrected chi connectivity index (χ2v) is 6.08. The number of aryl methyl sites for hydroxylation is 1. The second kappa shape index (κ2) is 5.63. The molecule has 0 bridgehead atoms. The van der Waals surface area contributed by atoms with E-state index in [1.165, 1.54) is 11.1 Å². The van der Waals surface area contributed by atoms with Gasteiger partial charge in [-0.15, -0.1) is 0 Å². The van der Waals surface area contributed by atoms with Crippen molar-refractivity contribution < 1.29 is 4.74 Å². The van der Waals surface area contributed by atoms with Crippen molar-refractivity contribution in [3.8, 4) is 11.5 Å². The summed E-state index contributed by atoms with van der Waals surface area (Å²) in [5.41, 5.74) is 8.99. The second-order valence-electron chi connectivity index (χ2n) is 6.08. The quantitative estimate of drug-likeness (QED) is 0.919. The molecule has 0 fully saturated rings. The van der Waals surface area contributed by atoms with Gasteiger partial charge in [0.05, 0.1) is 6.20 Å². The van der Waals surface area contributed by atoms with Gasteiger partial charge in [0.25, 0.3) is 0 Å². The first kappa shape index (κ1) is 14.5. The minimum Gasteiger partial charge on any atom is -0.455 e. The number of nitrogens with two attached hydrogens (primary N) is 1. The van der Waals surface area contributed by atoms with E-state index in [2.05, 4.69) is 50.9 Å². The van der Waals surface area contributed by atoms with Crippen LogP contribution in [0, 0.1) is 6.92 Å². The average molecular weight is 270 g/mol. The first-order valence-corrected chi connectivity index (χ1v) is 6.83. The molecule has 2 rings (SSSR count). The van der Waals surface area contributed by atoms with E-state index in [-0.39, 0.29) is 5.41 Å². The molecule has 1 aromatic heterocycles.